The molecule has 1 rings (SSSR count). The van der Waals surface area contributed by atoms with E-state index in [1.807, 2.05) is 26.1 Å². The average molecular weight is 293 g/mol. The fraction of sp³-hybridized carbons (Fsp3) is 0.545. The molecule has 96 valence electrons. The molecule has 1 atom stereocenters. The van der Waals surface area contributed by atoms with Gasteiger partial charge in [0.2, 0.25) is 5.91 Å². The molecule has 1 aromatic rings. The van der Waals surface area contributed by atoms with Crippen LogP contribution < -0.4 is 5.73 Å². The summed E-state index contributed by atoms with van der Waals surface area (Å²) in [5.41, 5.74) is 5.62. The molecule has 2 N–H and O–H groups in total. The van der Waals surface area contributed by atoms with Crippen molar-refractivity contribution in [1.29, 1.82) is 0 Å². The second-order valence-corrected chi connectivity index (χ2v) is 6.78. The summed E-state index contributed by atoms with van der Waals surface area (Å²) in [5.74, 6) is 1.42. The number of thioether (sulfide) groups is 1. The first-order valence-corrected chi connectivity index (χ1v) is 7.65. The molecule has 17 heavy (non-hydrogen) atoms. The Labute approximate surface area is 115 Å². The number of carbonyl (C=O) groups is 1. The molecule has 0 bridgehead atoms. The monoisotopic (exact) mass is 292 g/mol. The van der Waals surface area contributed by atoms with Crippen molar-refractivity contribution >= 4 is 40.6 Å². The number of thiophene rings is 1. The largest absolute Gasteiger partial charge is 0.340 e. The molecule has 0 fully saturated rings. The van der Waals surface area contributed by atoms with Gasteiger partial charge in [-0.05, 0) is 19.1 Å². The molecule has 0 aliphatic heterocycles. The quantitative estimate of drug-likeness (QED) is 0.876. The molecule has 0 saturated carbocycles. The molecule has 1 unspecified atom stereocenters. The number of rotatable bonds is 6. The van der Waals surface area contributed by atoms with Gasteiger partial charge in [-0.3, -0.25) is 4.79 Å². The molecular formula is C11H17ClN2OS2. The maximum atomic E-state index is 11.8. The molecule has 0 aliphatic rings. The Morgan fingerprint density at radius 2 is 2.35 bits per heavy atom. The number of halogens is 1. The van der Waals surface area contributed by atoms with Crippen LogP contribution in [-0.4, -0.2) is 35.4 Å². The van der Waals surface area contributed by atoms with E-state index >= 15 is 0 Å². The second kappa shape index (κ2) is 7.26. The van der Waals surface area contributed by atoms with Crippen LogP contribution in [0.2, 0.25) is 4.34 Å². The standard InChI is InChI=1S/C11H17ClN2OS2/c1-8(13)6-16-7-11(15)14(2)5-9-3-4-10(12)17-9/h3-4,8H,5-7,13H2,1-2H3. The van der Waals surface area contributed by atoms with E-state index in [4.69, 9.17) is 17.3 Å². The summed E-state index contributed by atoms with van der Waals surface area (Å²) in [5, 5.41) is 0. The molecule has 0 saturated heterocycles. The molecule has 0 aromatic carbocycles. The van der Waals surface area contributed by atoms with E-state index in [1.165, 1.54) is 11.3 Å². The van der Waals surface area contributed by atoms with Gasteiger partial charge in [0.05, 0.1) is 16.6 Å². The van der Waals surface area contributed by atoms with Crippen LogP contribution >= 0.6 is 34.7 Å². The summed E-state index contributed by atoms with van der Waals surface area (Å²) in [6, 6.07) is 3.94. The van der Waals surface area contributed by atoms with Crippen LogP contribution in [0.1, 0.15) is 11.8 Å². The Balaban J connectivity index is 2.31. The summed E-state index contributed by atoms with van der Waals surface area (Å²) in [6.07, 6.45) is 0. The lowest BCUT2D eigenvalue weighted by atomic mass is 10.4. The summed E-state index contributed by atoms with van der Waals surface area (Å²) in [4.78, 5) is 14.6. The van der Waals surface area contributed by atoms with Gasteiger partial charge in [-0.15, -0.1) is 11.3 Å². The van der Waals surface area contributed by atoms with Crippen molar-refractivity contribution in [3.63, 3.8) is 0 Å². The Morgan fingerprint density at radius 3 is 2.88 bits per heavy atom. The molecule has 1 heterocycles. The number of hydrogen-bond acceptors (Lipinski definition) is 4. The van der Waals surface area contributed by atoms with Crippen molar-refractivity contribution in [2.45, 2.75) is 19.5 Å². The third-order valence-electron chi connectivity index (χ3n) is 2.05. The normalized spacial score (nSPS) is 12.5. The fourth-order valence-electron chi connectivity index (χ4n) is 1.20. The predicted molar refractivity (Wildman–Crippen MR) is 76.8 cm³/mol. The molecule has 1 aromatic heterocycles. The minimum atomic E-state index is 0.125. The maximum Gasteiger partial charge on any atom is 0.232 e. The number of nitrogens with zero attached hydrogens (tertiary/aromatic N) is 1. The molecule has 1 amide bonds. The number of amides is 1. The highest BCUT2D eigenvalue weighted by molar-refractivity contribution is 7.99. The van der Waals surface area contributed by atoms with E-state index in [-0.39, 0.29) is 11.9 Å². The highest BCUT2D eigenvalue weighted by atomic mass is 35.5. The van der Waals surface area contributed by atoms with Crippen LogP contribution in [0.15, 0.2) is 12.1 Å². The smallest absolute Gasteiger partial charge is 0.232 e. The first-order chi connectivity index (χ1) is 7.99. The molecule has 3 nitrogen and oxygen atoms in total. The van der Waals surface area contributed by atoms with Gasteiger partial charge < -0.3 is 10.6 Å². The van der Waals surface area contributed by atoms with Crippen molar-refractivity contribution in [3.8, 4) is 0 Å². The van der Waals surface area contributed by atoms with Crippen LogP contribution in [0.3, 0.4) is 0 Å². The van der Waals surface area contributed by atoms with E-state index in [0.29, 0.717) is 12.3 Å². The zero-order valence-electron chi connectivity index (χ0n) is 9.98. The zero-order valence-corrected chi connectivity index (χ0v) is 12.4. The second-order valence-electron chi connectivity index (χ2n) is 3.95. The fourth-order valence-corrected chi connectivity index (χ4v) is 3.23. The van der Waals surface area contributed by atoms with E-state index in [0.717, 1.165) is 15.0 Å². The van der Waals surface area contributed by atoms with E-state index in [1.54, 1.807) is 16.7 Å². The van der Waals surface area contributed by atoms with Crippen molar-refractivity contribution in [2.24, 2.45) is 5.73 Å². The summed E-state index contributed by atoms with van der Waals surface area (Å²) in [6.45, 7) is 2.56. The highest BCUT2D eigenvalue weighted by Gasteiger charge is 2.10. The Bertz CT molecular complexity index is 368. The van der Waals surface area contributed by atoms with E-state index in [2.05, 4.69) is 0 Å². The molecule has 0 aliphatic carbocycles. The van der Waals surface area contributed by atoms with Gasteiger partial charge in [0.1, 0.15) is 0 Å². The van der Waals surface area contributed by atoms with Crippen LogP contribution in [0.4, 0.5) is 0 Å². The Morgan fingerprint density at radius 1 is 1.65 bits per heavy atom. The number of nitrogens with two attached hydrogens (primary N) is 1. The average Bonchev–Trinajstić information content (AvgIpc) is 2.63. The SMILES string of the molecule is CC(N)CSCC(=O)N(C)Cc1ccc(Cl)s1. The van der Waals surface area contributed by atoms with Crippen molar-refractivity contribution in [3.05, 3.63) is 21.3 Å². The Kier molecular flexibility index (Phi) is 6.33. The Hall–Kier alpha value is -0.230. The first-order valence-electron chi connectivity index (χ1n) is 5.30. The van der Waals surface area contributed by atoms with Crippen LogP contribution in [-0.2, 0) is 11.3 Å². The van der Waals surface area contributed by atoms with Gasteiger partial charge in [-0.25, -0.2) is 0 Å². The lowest BCUT2D eigenvalue weighted by Crippen LogP contribution is -2.28. The molecule has 0 spiro atoms. The van der Waals surface area contributed by atoms with Gasteiger partial charge >= 0.3 is 0 Å². The molecule has 6 heteroatoms. The minimum absolute atomic E-state index is 0.125. The van der Waals surface area contributed by atoms with Gasteiger partial charge in [-0.1, -0.05) is 11.6 Å². The van der Waals surface area contributed by atoms with Crippen molar-refractivity contribution in [2.75, 3.05) is 18.6 Å². The van der Waals surface area contributed by atoms with E-state index < -0.39 is 0 Å². The highest BCUT2D eigenvalue weighted by Crippen LogP contribution is 2.22. The van der Waals surface area contributed by atoms with E-state index in [9.17, 15) is 4.79 Å². The van der Waals surface area contributed by atoms with Gasteiger partial charge in [0.15, 0.2) is 0 Å². The third kappa shape index (κ3) is 5.77. The third-order valence-corrected chi connectivity index (χ3v) is 4.48. The topological polar surface area (TPSA) is 46.3 Å². The van der Waals surface area contributed by atoms with Gasteiger partial charge in [0.25, 0.3) is 0 Å². The summed E-state index contributed by atoms with van der Waals surface area (Å²) >= 11 is 8.92. The number of hydrogen-bond donors (Lipinski definition) is 1. The maximum absolute atomic E-state index is 11.8. The van der Waals surface area contributed by atoms with Crippen molar-refractivity contribution in [1.82, 2.24) is 4.90 Å². The number of carbonyl (C=O) groups excluding carboxylic acids is 1. The van der Waals surface area contributed by atoms with Crippen LogP contribution in [0, 0.1) is 0 Å². The summed E-state index contributed by atoms with van der Waals surface area (Å²) < 4.78 is 0.757. The van der Waals surface area contributed by atoms with Crippen molar-refractivity contribution < 1.29 is 4.79 Å². The van der Waals surface area contributed by atoms with Gasteiger partial charge in [0, 0.05) is 23.7 Å². The van der Waals surface area contributed by atoms with Crippen LogP contribution in [0.5, 0.6) is 0 Å². The predicted octanol–water partition coefficient (Wildman–Crippen LogP) is 2.44. The lowest BCUT2D eigenvalue weighted by molar-refractivity contribution is -0.127. The minimum Gasteiger partial charge on any atom is -0.340 e. The van der Waals surface area contributed by atoms with Gasteiger partial charge in [-0.2, -0.15) is 11.8 Å². The summed E-state index contributed by atoms with van der Waals surface area (Å²) in [7, 11) is 1.81. The zero-order chi connectivity index (χ0) is 12.8. The first kappa shape index (κ1) is 14.8. The lowest BCUT2D eigenvalue weighted by Gasteiger charge is -2.16. The molecule has 0 radical (unpaired) electrons. The molecular weight excluding hydrogens is 276 g/mol. The van der Waals surface area contributed by atoms with Crippen LogP contribution in [0.25, 0.3) is 0 Å².